The third kappa shape index (κ3) is 2.99. The van der Waals surface area contributed by atoms with Gasteiger partial charge in [-0.25, -0.2) is 0 Å². The van der Waals surface area contributed by atoms with E-state index in [0.29, 0.717) is 0 Å². The molecule has 0 atom stereocenters. The molecule has 0 aliphatic heterocycles. The Bertz CT molecular complexity index is 435. The van der Waals surface area contributed by atoms with Crippen molar-refractivity contribution in [1.29, 1.82) is 0 Å². The van der Waals surface area contributed by atoms with Crippen LogP contribution in [-0.4, -0.2) is 4.98 Å². The summed E-state index contributed by atoms with van der Waals surface area (Å²) in [6.07, 6.45) is 13.0. The average molecular weight is 194 g/mol. The van der Waals surface area contributed by atoms with E-state index in [0.717, 1.165) is 5.56 Å². The number of aromatic nitrogens is 1. The van der Waals surface area contributed by atoms with Gasteiger partial charge in [-0.15, -0.1) is 0 Å². The van der Waals surface area contributed by atoms with Crippen LogP contribution in [0, 0.1) is 6.20 Å². The molecule has 0 unspecified atom stereocenters. The second-order valence-electron chi connectivity index (χ2n) is 3.19. The summed E-state index contributed by atoms with van der Waals surface area (Å²) >= 11 is 0. The molecule has 1 radical (unpaired) electrons. The standard InChI is InChI=1S/C14H12N/c1-2-6-13(7-3-1)8-4-5-9-14-10-11-15-12-14/h1-11,15H. The summed E-state index contributed by atoms with van der Waals surface area (Å²) in [5.41, 5.74) is 2.27. The van der Waals surface area contributed by atoms with Gasteiger partial charge in [0.1, 0.15) is 0 Å². The molecule has 0 bridgehead atoms. The van der Waals surface area contributed by atoms with Crippen molar-refractivity contribution < 1.29 is 0 Å². The minimum Gasteiger partial charge on any atom is -0.359 e. The van der Waals surface area contributed by atoms with Gasteiger partial charge in [0, 0.05) is 11.8 Å². The van der Waals surface area contributed by atoms with Gasteiger partial charge in [0.15, 0.2) is 0 Å². The van der Waals surface area contributed by atoms with Gasteiger partial charge in [0.2, 0.25) is 0 Å². The first-order valence-electron chi connectivity index (χ1n) is 4.90. The smallest absolute Gasteiger partial charge is 0.0699 e. The Labute approximate surface area is 89.8 Å². The summed E-state index contributed by atoms with van der Waals surface area (Å²) in [6, 6.07) is 12.2. The van der Waals surface area contributed by atoms with Gasteiger partial charge in [-0.3, -0.25) is 0 Å². The summed E-state index contributed by atoms with van der Waals surface area (Å²) < 4.78 is 0. The normalized spacial score (nSPS) is 11.5. The van der Waals surface area contributed by atoms with Crippen molar-refractivity contribution in [3.63, 3.8) is 0 Å². The third-order valence-electron chi connectivity index (χ3n) is 2.04. The molecule has 73 valence electrons. The molecular formula is C14H12N. The lowest BCUT2D eigenvalue weighted by atomic mass is 10.2. The molecule has 15 heavy (non-hydrogen) atoms. The van der Waals surface area contributed by atoms with E-state index in [9.17, 15) is 0 Å². The molecular weight excluding hydrogens is 182 g/mol. The molecule has 1 aromatic carbocycles. The number of allylic oxidation sites excluding steroid dienone is 2. The monoisotopic (exact) mass is 194 g/mol. The zero-order valence-electron chi connectivity index (χ0n) is 8.35. The van der Waals surface area contributed by atoms with E-state index in [4.69, 9.17) is 0 Å². The number of hydrogen-bond acceptors (Lipinski definition) is 0. The summed E-state index contributed by atoms with van der Waals surface area (Å²) in [7, 11) is 0. The Balaban J connectivity index is 1.96. The maximum atomic E-state index is 2.99. The number of nitrogens with one attached hydrogen (secondary N) is 1. The van der Waals surface area contributed by atoms with Gasteiger partial charge in [0.05, 0.1) is 6.20 Å². The predicted molar refractivity (Wildman–Crippen MR) is 64.1 cm³/mol. The van der Waals surface area contributed by atoms with Gasteiger partial charge in [0.25, 0.3) is 0 Å². The lowest BCUT2D eigenvalue weighted by Gasteiger charge is -1.88. The molecule has 0 fully saturated rings. The second kappa shape index (κ2) is 5.01. The molecule has 0 saturated heterocycles. The van der Waals surface area contributed by atoms with Crippen LogP contribution in [0.3, 0.4) is 0 Å². The number of benzene rings is 1. The van der Waals surface area contributed by atoms with Crippen molar-refractivity contribution in [3.05, 3.63) is 72.1 Å². The predicted octanol–water partition coefficient (Wildman–Crippen LogP) is 3.54. The quantitative estimate of drug-likeness (QED) is 0.719. The Morgan fingerprint density at radius 1 is 0.933 bits per heavy atom. The van der Waals surface area contributed by atoms with Crippen LogP contribution in [0.2, 0.25) is 0 Å². The summed E-state index contributed by atoms with van der Waals surface area (Å²) in [6.45, 7) is 0. The fourth-order valence-electron chi connectivity index (χ4n) is 1.29. The van der Waals surface area contributed by atoms with Crippen LogP contribution in [-0.2, 0) is 0 Å². The van der Waals surface area contributed by atoms with Gasteiger partial charge in [-0.05, 0) is 11.6 Å². The van der Waals surface area contributed by atoms with Crippen LogP contribution in [0.1, 0.15) is 11.1 Å². The fourth-order valence-corrected chi connectivity index (χ4v) is 1.29. The van der Waals surface area contributed by atoms with Crippen LogP contribution in [0.25, 0.3) is 12.2 Å². The van der Waals surface area contributed by atoms with Crippen LogP contribution >= 0.6 is 0 Å². The minimum atomic E-state index is 1.06. The Morgan fingerprint density at radius 2 is 1.73 bits per heavy atom. The van der Waals surface area contributed by atoms with Crippen LogP contribution in [0.4, 0.5) is 0 Å². The van der Waals surface area contributed by atoms with Crippen molar-refractivity contribution in [2.45, 2.75) is 0 Å². The summed E-state index contributed by atoms with van der Waals surface area (Å²) in [5, 5.41) is 0. The first kappa shape index (κ1) is 9.53. The Kier molecular flexibility index (Phi) is 3.18. The molecule has 0 aliphatic carbocycles. The Hall–Kier alpha value is -2.02. The van der Waals surface area contributed by atoms with Gasteiger partial charge < -0.3 is 4.98 Å². The van der Waals surface area contributed by atoms with E-state index in [1.165, 1.54) is 5.56 Å². The van der Waals surface area contributed by atoms with Crippen molar-refractivity contribution in [1.82, 2.24) is 4.98 Å². The van der Waals surface area contributed by atoms with E-state index in [1.807, 2.05) is 48.7 Å². The van der Waals surface area contributed by atoms with E-state index in [1.54, 1.807) is 0 Å². The molecule has 0 aliphatic rings. The van der Waals surface area contributed by atoms with Crippen LogP contribution in [0.15, 0.2) is 54.7 Å². The third-order valence-corrected chi connectivity index (χ3v) is 2.04. The zero-order chi connectivity index (χ0) is 10.3. The minimum absolute atomic E-state index is 1.06. The lowest BCUT2D eigenvalue weighted by molar-refractivity contribution is 1.39. The molecule has 0 saturated carbocycles. The van der Waals surface area contributed by atoms with E-state index in [2.05, 4.69) is 29.4 Å². The molecule has 2 rings (SSSR count). The van der Waals surface area contributed by atoms with Gasteiger partial charge in [-0.1, -0.05) is 54.6 Å². The molecule has 1 heterocycles. The maximum absolute atomic E-state index is 2.99. The second-order valence-corrected chi connectivity index (χ2v) is 3.19. The van der Waals surface area contributed by atoms with Crippen LogP contribution in [0.5, 0.6) is 0 Å². The molecule has 0 spiro atoms. The highest BCUT2D eigenvalue weighted by Crippen LogP contribution is 2.02. The van der Waals surface area contributed by atoms with Crippen LogP contribution < -0.4 is 0 Å². The molecule has 0 amide bonds. The topological polar surface area (TPSA) is 15.8 Å². The highest BCUT2D eigenvalue weighted by Gasteiger charge is 1.83. The Morgan fingerprint density at radius 3 is 2.47 bits per heavy atom. The number of H-pyrrole nitrogens is 1. The van der Waals surface area contributed by atoms with Crippen molar-refractivity contribution in [2.24, 2.45) is 0 Å². The van der Waals surface area contributed by atoms with Gasteiger partial charge >= 0.3 is 0 Å². The fraction of sp³-hybridized carbons (Fsp3) is 0. The first-order chi connectivity index (χ1) is 7.45. The molecule has 2 aromatic rings. The lowest BCUT2D eigenvalue weighted by Crippen LogP contribution is -1.66. The first-order valence-corrected chi connectivity index (χ1v) is 4.90. The van der Waals surface area contributed by atoms with Crippen molar-refractivity contribution in [3.8, 4) is 0 Å². The van der Waals surface area contributed by atoms with E-state index < -0.39 is 0 Å². The number of aromatic amines is 1. The molecule has 1 heteroatoms. The maximum Gasteiger partial charge on any atom is 0.0699 e. The molecule has 1 N–H and O–H groups in total. The van der Waals surface area contributed by atoms with E-state index >= 15 is 0 Å². The van der Waals surface area contributed by atoms with E-state index in [-0.39, 0.29) is 0 Å². The number of rotatable bonds is 3. The highest BCUT2D eigenvalue weighted by atomic mass is 14.6. The highest BCUT2D eigenvalue weighted by molar-refractivity contribution is 5.56. The van der Waals surface area contributed by atoms with Crippen molar-refractivity contribution >= 4 is 12.2 Å². The van der Waals surface area contributed by atoms with Crippen molar-refractivity contribution in [2.75, 3.05) is 0 Å². The molecule has 1 nitrogen and oxygen atoms in total. The summed E-state index contributed by atoms with van der Waals surface area (Å²) in [4.78, 5) is 2.89. The molecule has 1 aromatic heterocycles. The summed E-state index contributed by atoms with van der Waals surface area (Å²) in [5.74, 6) is 0. The zero-order valence-corrected chi connectivity index (χ0v) is 8.35. The SMILES string of the molecule is [c]1[nH]ccc1C=CC=Cc1ccccc1. The van der Waals surface area contributed by atoms with Gasteiger partial charge in [-0.2, -0.15) is 0 Å². The largest absolute Gasteiger partial charge is 0.359 e. The average Bonchev–Trinajstić information content (AvgIpc) is 2.79. The number of hydrogen-bond donors (Lipinski definition) is 1.